The first-order chi connectivity index (χ1) is 11.5. The van der Waals surface area contributed by atoms with Crippen LogP contribution in [0.4, 0.5) is 0 Å². The minimum atomic E-state index is -0.700. The van der Waals surface area contributed by atoms with Crippen LogP contribution in [0.25, 0.3) is 11.5 Å². The molecule has 0 saturated carbocycles. The Hall–Kier alpha value is -3.35. The smallest absolute Gasteiger partial charge is 0.361 e. The zero-order valence-corrected chi connectivity index (χ0v) is 12.7. The van der Waals surface area contributed by atoms with E-state index in [0.29, 0.717) is 11.7 Å². The van der Waals surface area contributed by atoms with Crippen LogP contribution in [0.5, 0.6) is 5.75 Å². The first-order valence-corrected chi connectivity index (χ1v) is 7.05. The van der Waals surface area contributed by atoms with Gasteiger partial charge in [-0.3, -0.25) is 4.79 Å². The van der Waals surface area contributed by atoms with Crippen molar-refractivity contribution in [3.8, 4) is 17.2 Å². The Labute approximate surface area is 136 Å². The van der Waals surface area contributed by atoms with E-state index >= 15 is 0 Å². The number of aryl methyl sites for hydroxylation is 1. The van der Waals surface area contributed by atoms with Crippen molar-refractivity contribution in [3.63, 3.8) is 0 Å². The Balaban J connectivity index is 1.74. The van der Waals surface area contributed by atoms with Gasteiger partial charge in [-0.1, -0.05) is 18.2 Å². The van der Waals surface area contributed by atoms with Gasteiger partial charge in [0.2, 0.25) is 11.3 Å². The molecule has 0 radical (unpaired) electrons. The van der Waals surface area contributed by atoms with Gasteiger partial charge in [-0.05, 0) is 19.1 Å². The summed E-state index contributed by atoms with van der Waals surface area (Å²) in [5.41, 5.74) is 0.176. The van der Waals surface area contributed by atoms with Crippen LogP contribution in [0.1, 0.15) is 22.0 Å². The number of aromatic hydroxyl groups is 1. The highest BCUT2D eigenvalue weighted by Gasteiger charge is 2.20. The summed E-state index contributed by atoms with van der Waals surface area (Å²) >= 11 is 0. The number of rotatable bonds is 4. The van der Waals surface area contributed by atoms with Crippen LogP contribution in [0.3, 0.4) is 0 Å². The van der Waals surface area contributed by atoms with Crippen LogP contribution < -0.4 is 5.43 Å². The molecule has 1 aromatic carbocycles. The summed E-state index contributed by atoms with van der Waals surface area (Å²) in [5, 5.41) is 9.11. The normalized spacial score (nSPS) is 10.5. The van der Waals surface area contributed by atoms with Crippen molar-refractivity contribution in [1.29, 1.82) is 0 Å². The Morgan fingerprint density at radius 1 is 1.29 bits per heavy atom. The molecule has 7 nitrogen and oxygen atoms in total. The molecule has 0 aliphatic rings. The summed E-state index contributed by atoms with van der Waals surface area (Å²) in [7, 11) is 0. The zero-order chi connectivity index (χ0) is 17.1. The Morgan fingerprint density at radius 3 is 2.75 bits per heavy atom. The number of esters is 1. The number of benzene rings is 1. The molecule has 0 bridgehead atoms. The number of hydrogen-bond acceptors (Lipinski definition) is 7. The Bertz CT molecular complexity index is 926. The molecule has 7 heteroatoms. The maximum atomic E-state index is 12.1. The lowest BCUT2D eigenvalue weighted by Crippen LogP contribution is -2.08. The van der Waals surface area contributed by atoms with Crippen molar-refractivity contribution in [2.75, 3.05) is 0 Å². The molecular weight excluding hydrogens is 314 g/mol. The molecule has 0 aliphatic carbocycles. The molecular formula is C17H13NO6. The van der Waals surface area contributed by atoms with Gasteiger partial charge in [0.05, 0.1) is 0 Å². The standard InChI is InChI=1S/C17H13NO6/c1-10-15(18-16(24-10)11-5-3-2-4-6-11)17(21)23-8-12-7-13(19)14(20)9-22-12/h2-7,9,20H,8H2,1H3. The number of hydrogen-bond donors (Lipinski definition) is 1. The number of oxazole rings is 1. The van der Waals surface area contributed by atoms with E-state index in [2.05, 4.69) is 4.98 Å². The van der Waals surface area contributed by atoms with Crippen LogP contribution in [-0.2, 0) is 11.3 Å². The second kappa shape index (κ2) is 6.41. The van der Waals surface area contributed by atoms with Crippen LogP contribution in [0.2, 0.25) is 0 Å². The second-order valence-corrected chi connectivity index (χ2v) is 4.96. The van der Waals surface area contributed by atoms with Gasteiger partial charge in [0.1, 0.15) is 24.4 Å². The fourth-order valence-corrected chi connectivity index (χ4v) is 2.01. The molecule has 1 N–H and O–H groups in total. The van der Waals surface area contributed by atoms with Gasteiger partial charge in [0, 0.05) is 11.6 Å². The first-order valence-electron chi connectivity index (χ1n) is 7.05. The molecule has 2 heterocycles. The van der Waals surface area contributed by atoms with Crippen molar-refractivity contribution in [1.82, 2.24) is 4.98 Å². The van der Waals surface area contributed by atoms with E-state index in [-0.39, 0.29) is 18.1 Å². The highest BCUT2D eigenvalue weighted by atomic mass is 16.5. The van der Waals surface area contributed by atoms with Gasteiger partial charge in [-0.2, -0.15) is 0 Å². The van der Waals surface area contributed by atoms with Crippen molar-refractivity contribution < 1.29 is 23.5 Å². The molecule has 0 fully saturated rings. The third-order valence-electron chi connectivity index (χ3n) is 3.22. The van der Waals surface area contributed by atoms with E-state index in [1.165, 1.54) is 0 Å². The van der Waals surface area contributed by atoms with Crippen LogP contribution >= 0.6 is 0 Å². The number of carbonyl (C=O) groups is 1. The third kappa shape index (κ3) is 3.19. The molecule has 122 valence electrons. The predicted octanol–water partition coefficient (Wildman–Crippen LogP) is 2.67. The lowest BCUT2D eigenvalue weighted by atomic mass is 10.2. The zero-order valence-electron chi connectivity index (χ0n) is 12.7. The van der Waals surface area contributed by atoms with Gasteiger partial charge >= 0.3 is 5.97 Å². The fourth-order valence-electron chi connectivity index (χ4n) is 2.01. The molecule has 24 heavy (non-hydrogen) atoms. The molecule has 0 atom stereocenters. The molecule has 2 aromatic heterocycles. The van der Waals surface area contributed by atoms with E-state index in [0.717, 1.165) is 17.9 Å². The van der Waals surface area contributed by atoms with Gasteiger partial charge < -0.3 is 18.7 Å². The lowest BCUT2D eigenvalue weighted by molar-refractivity contribution is 0.0434. The Kier molecular flexibility index (Phi) is 4.15. The average molecular weight is 327 g/mol. The molecule has 3 rings (SSSR count). The monoisotopic (exact) mass is 327 g/mol. The minimum Gasteiger partial charge on any atom is -0.502 e. The summed E-state index contributed by atoms with van der Waals surface area (Å²) in [4.78, 5) is 27.6. The van der Waals surface area contributed by atoms with Crippen molar-refractivity contribution in [2.24, 2.45) is 0 Å². The van der Waals surface area contributed by atoms with Gasteiger partial charge in [0.15, 0.2) is 11.4 Å². The number of carbonyl (C=O) groups excluding carboxylic acids is 1. The summed E-state index contributed by atoms with van der Waals surface area (Å²) in [6, 6.07) is 10.2. The van der Waals surface area contributed by atoms with E-state index < -0.39 is 17.1 Å². The average Bonchev–Trinajstić information content (AvgIpc) is 2.98. The lowest BCUT2D eigenvalue weighted by Gasteiger charge is -2.02. The first kappa shape index (κ1) is 15.5. The number of aromatic nitrogens is 1. The van der Waals surface area contributed by atoms with Crippen LogP contribution in [-0.4, -0.2) is 16.1 Å². The molecule has 0 saturated heterocycles. The summed E-state index contributed by atoms with van der Waals surface area (Å²) in [6.45, 7) is 1.35. The van der Waals surface area contributed by atoms with Crippen LogP contribution in [0, 0.1) is 6.92 Å². The molecule has 0 spiro atoms. The predicted molar refractivity (Wildman–Crippen MR) is 82.4 cm³/mol. The van der Waals surface area contributed by atoms with E-state index in [4.69, 9.17) is 18.7 Å². The van der Waals surface area contributed by atoms with E-state index in [1.54, 1.807) is 6.92 Å². The largest absolute Gasteiger partial charge is 0.502 e. The summed E-state index contributed by atoms with van der Waals surface area (Å²) in [6.07, 6.45) is 0.889. The quantitative estimate of drug-likeness (QED) is 0.735. The fraction of sp³-hybridized carbons (Fsp3) is 0.118. The molecule has 0 amide bonds. The van der Waals surface area contributed by atoms with E-state index in [1.807, 2.05) is 30.3 Å². The third-order valence-corrected chi connectivity index (χ3v) is 3.22. The topological polar surface area (TPSA) is 103 Å². The highest BCUT2D eigenvalue weighted by molar-refractivity contribution is 5.88. The maximum absolute atomic E-state index is 12.1. The van der Waals surface area contributed by atoms with Crippen molar-refractivity contribution >= 4 is 5.97 Å². The van der Waals surface area contributed by atoms with Crippen molar-refractivity contribution in [2.45, 2.75) is 13.5 Å². The highest BCUT2D eigenvalue weighted by Crippen LogP contribution is 2.22. The molecule has 3 aromatic rings. The second-order valence-electron chi connectivity index (χ2n) is 4.96. The van der Waals surface area contributed by atoms with Gasteiger partial charge in [-0.25, -0.2) is 9.78 Å². The Morgan fingerprint density at radius 2 is 2.04 bits per heavy atom. The summed E-state index contributed by atoms with van der Waals surface area (Å²) in [5.74, 6) is -0.461. The minimum absolute atomic E-state index is 0.0509. The van der Waals surface area contributed by atoms with E-state index in [9.17, 15) is 9.59 Å². The van der Waals surface area contributed by atoms with Crippen LogP contribution in [0.15, 0.2) is 56.3 Å². The SMILES string of the molecule is Cc1oc(-c2ccccc2)nc1C(=O)OCc1cc(=O)c(O)co1. The van der Waals surface area contributed by atoms with Gasteiger partial charge in [-0.15, -0.1) is 0 Å². The molecule has 0 aliphatic heterocycles. The molecule has 0 unspecified atom stereocenters. The van der Waals surface area contributed by atoms with Gasteiger partial charge in [0.25, 0.3) is 0 Å². The summed E-state index contributed by atoms with van der Waals surface area (Å²) < 4.78 is 15.5. The number of ether oxygens (including phenoxy) is 1. The van der Waals surface area contributed by atoms with Crippen molar-refractivity contribution in [3.05, 3.63) is 70.1 Å². The number of nitrogens with zero attached hydrogens (tertiary/aromatic N) is 1. The maximum Gasteiger partial charge on any atom is 0.361 e.